The van der Waals surface area contributed by atoms with Crippen LogP contribution in [0.2, 0.25) is 0 Å². The van der Waals surface area contributed by atoms with Gasteiger partial charge in [0.15, 0.2) is 5.96 Å². The molecule has 1 aliphatic carbocycles. The highest BCUT2D eigenvalue weighted by atomic mass is 32.1. The molecule has 0 amide bonds. The van der Waals surface area contributed by atoms with Gasteiger partial charge in [-0.2, -0.15) is 0 Å². The van der Waals surface area contributed by atoms with Crippen LogP contribution in [0.15, 0.2) is 22.5 Å². The first-order valence-corrected chi connectivity index (χ1v) is 11.3. The van der Waals surface area contributed by atoms with Crippen LogP contribution in [-0.4, -0.2) is 55.5 Å². The van der Waals surface area contributed by atoms with Gasteiger partial charge in [-0.3, -0.25) is 9.89 Å². The van der Waals surface area contributed by atoms with Crippen molar-refractivity contribution in [3.05, 3.63) is 22.4 Å². The maximum Gasteiger partial charge on any atom is 0.193 e. The third-order valence-electron chi connectivity index (χ3n) is 6.73. The lowest BCUT2D eigenvalue weighted by Gasteiger charge is -2.33. The smallest absolute Gasteiger partial charge is 0.193 e. The molecule has 3 heterocycles. The first kappa shape index (κ1) is 18.3. The summed E-state index contributed by atoms with van der Waals surface area (Å²) in [4.78, 5) is 11.3. The van der Waals surface area contributed by atoms with E-state index in [0.717, 1.165) is 25.0 Å². The normalized spacial score (nSPS) is 26.7. The number of hydrogen-bond donors (Lipinski definition) is 1. The van der Waals surface area contributed by atoms with Gasteiger partial charge in [-0.05, 0) is 61.4 Å². The van der Waals surface area contributed by atoms with Crippen LogP contribution in [0, 0.1) is 11.3 Å². The summed E-state index contributed by atoms with van der Waals surface area (Å²) in [5, 5.41) is 5.91. The zero-order valence-corrected chi connectivity index (χ0v) is 17.1. The molecule has 2 aliphatic heterocycles. The molecule has 1 saturated carbocycles. The number of nitrogens with one attached hydrogen (secondary N) is 1. The fourth-order valence-electron chi connectivity index (χ4n) is 5.30. The van der Waals surface area contributed by atoms with Crippen LogP contribution in [-0.2, 0) is 6.54 Å². The highest BCUT2D eigenvalue weighted by molar-refractivity contribution is 7.09. The number of aliphatic imine (C=N–C) groups is 1. The van der Waals surface area contributed by atoms with E-state index < -0.39 is 0 Å². The van der Waals surface area contributed by atoms with E-state index in [1.54, 1.807) is 0 Å². The second-order valence-electron chi connectivity index (χ2n) is 8.63. The molecule has 1 atom stereocenters. The van der Waals surface area contributed by atoms with Crippen LogP contribution in [0.1, 0.15) is 49.8 Å². The van der Waals surface area contributed by atoms with Crippen LogP contribution >= 0.6 is 11.3 Å². The Kier molecular flexibility index (Phi) is 5.84. The Labute approximate surface area is 162 Å². The van der Waals surface area contributed by atoms with Crippen molar-refractivity contribution in [2.45, 2.75) is 51.5 Å². The van der Waals surface area contributed by atoms with Crippen LogP contribution in [0.5, 0.6) is 0 Å². The van der Waals surface area contributed by atoms with Crippen LogP contribution < -0.4 is 5.32 Å². The molecule has 1 unspecified atom stereocenters. The van der Waals surface area contributed by atoms with Gasteiger partial charge in [0.1, 0.15) is 0 Å². The van der Waals surface area contributed by atoms with E-state index in [9.17, 15) is 0 Å². The minimum Gasteiger partial charge on any atom is -0.356 e. The number of guanidine groups is 1. The van der Waals surface area contributed by atoms with Crippen LogP contribution in [0.4, 0.5) is 0 Å². The molecule has 4 rings (SSSR count). The average Bonchev–Trinajstić information content (AvgIpc) is 3.40. The van der Waals surface area contributed by atoms with E-state index in [1.807, 2.05) is 18.4 Å². The molecular weight excluding hydrogens is 340 g/mol. The van der Waals surface area contributed by atoms with Gasteiger partial charge in [-0.15, -0.1) is 11.3 Å². The van der Waals surface area contributed by atoms with E-state index >= 15 is 0 Å². The molecule has 0 radical (unpaired) electrons. The summed E-state index contributed by atoms with van der Waals surface area (Å²) in [5.41, 5.74) is 0.611. The molecule has 1 aromatic heterocycles. The first-order valence-electron chi connectivity index (χ1n) is 10.5. The van der Waals surface area contributed by atoms with Crippen LogP contribution in [0.25, 0.3) is 0 Å². The zero-order chi connectivity index (χ0) is 17.8. The number of piperidine rings is 1. The van der Waals surface area contributed by atoms with Crippen molar-refractivity contribution in [3.8, 4) is 0 Å². The van der Waals surface area contributed by atoms with Crippen molar-refractivity contribution in [1.29, 1.82) is 0 Å². The molecule has 2 saturated heterocycles. The Morgan fingerprint density at radius 2 is 2.15 bits per heavy atom. The molecule has 1 aromatic rings. The van der Waals surface area contributed by atoms with Gasteiger partial charge < -0.3 is 10.2 Å². The molecule has 26 heavy (non-hydrogen) atoms. The Hall–Kier alpha value is -1.07. The Balaban J connectivity index is 1.26. The van der Waals surface area contributed by atoms with Crippen molar-refractivity contribution >= 4 is 17.3 Å². The lowest BCUT2D eigenvalue weighted by Crippen LogP contribution is -2.45. The third kappa shape index (κ3) is 4.25. The molecule has 5 heteroatoms. The maximum absolute atomic E-state index is 4.61. The molecule has 3 aliphatic rings. The summed E-state index contributed by atoms with van der Waals surface area (Å²) >= 11 is 1.88. The summed E-state index contributed by atoms with van der Waals surface area (Å²) in [5.74, 6) is 1.88. The Bertz CT molecular complexity index is 591. The van der Waals surface area contributed by atoms with Gasteiger partial charge >= 0.3 is 0 Å². The molecule has 0 bridgehead atoms. The Morgan fingerprint density at radius 1 is 1.27 bits per heavy atom. The molecule has 1 N–H and O–H groups in total. The van der Waals surface area contributed by atoms with Crippen molar-refractivity contribution in [3.63, 3.8) is 0 Å². The quantitative estimate of drug-likeness (QED) is 0.642. The average molecular weight is 375 g/mol. The third-order valence-corrected chi connectivity index (χ3v) is 7.59. The molecule has 3 fully saturated rings. The monoisotopic (exact) mass is 374 g/mol. The van der Waals surface area contributed by atoms with Crippen molar-refractivity contribution in [2.75, 3.05) is 39.8 Å². The predicted octanol–water partition coefficient (Wildman–Crippen LogP) is 3.80. The van der Waals surface area contributed by atoms with E-state index in [4.69, 9.17) is 0 Å². The van der Waals surface area contributed by atoms with E-state index in [2.05, 4.69) is 37.6 Å². The first-order chi connectivity index (χ1) is 12.8. The molecular formula is C21H34N4S. The fourth-order valence-corrected chi connectivity index (χ4v) is 6.05. The van der Waals surface area contributed by atoms with Gasteiger partial charge in [0.05, 0.1) is 0 Å². The number of likely N-dealkylation sites (tertiary alicyclic amines) is 2. The van der Waals surface area contributed by atoms with E-state index in [-0.39, 0.29) is 0 Å². The number of nitrogens with zero attached hydrogens (tertiary/aromatic N) is 3. The summed E-state index contributed by atoms with van der Waals surface area (Å²) in [7, 11) is 1.95. The van der Waals surface area contributed by atoms with Crippen molar-refractivity contribution < 1.29 is 0 Å². The van der Waals surface area contributed by atoms with Gasteiger partial charge in [-0.25, -0.2) is 0 Å². The van der Waals surface area contributed by atoms with E-state index in [0.29, 0.717) is 5.41 Å². The topological polar surface area (TPSA) is 30.9 Å². The van der Waals surface area contributed by atoms with Crippen molar-refractivity contribution in [2.24, 2.45) is 16.3 Å². The zero-order valence-electron chi connectivity index (χ0n) is 16.3. The fraction of sp³-hybridized carbons (Fsp3) is 0.762. The number of hydrogen-bond acceptors (Lipinski definition) is 3. The minimum atomic E-state index is 0.611. The summed E-state index contributed by atoms with van der Waals surface area (Å²) < 4.78 is 0. The second kappa shape index (κ2) is 8.30. The van der Waals surface area contributed by atoms with Gasteiger partial charge in [0, 0.05) is 44.6 Å². The highest BCUT2D eigenvalue weighted by Gasteiger charge is 2.41. The minimum absolute atomic E-state index is 0.611. The van der Waals surface area contributed by atoms with Gasteiger partial charge in [0.2, 0.25) is 0 Å². The molecule has 144 valence electrons. The van der Waals surface area contributed by atoms with Crippen LogP contribution in [0.3, 0.4) is 0 Å². The summed E-state index contributed by atoms with van der Waals surface area (Å²) in [6.07, 6.45) is 9.76. The predicted molar refractivity (Wildman–Crippen MR) is 111 cm³/mol. The van der Waals surface area contributed by atoms with Gasteiger partial charge in [-0.1, -0.05) is 18.9 Å². The lowest BCUT2D eigenvalue weighted by atomic mass is 9.86. The molecule has 4 nitrogen and oxygen atoms in total. The van der Waals surface area contributed by atoms with Crippen molar-refractivity contribution in [1.82, 2.24) is 15.1 Å². The standard InChI is InChI=1S/C21H34N4S/c1-22-20(25-12-10-21(17-25)8-2-3-9-21)23-14-18-6-4-11-24(15-18)16-19-7-5-13-26-19/h5,7,13,18H,2-4,6,8-12,14-17H2,1H3,(H,22,23). The SMILES string of the molecule is CN=C(NCC1CCCN(Cc2cccs2)C1)N1CCC2(CCCC2)C1. The van der Waals surface area contributed by atoms with Gasteiger partial charge in [0.25, 0.3) is 0 Å². The number of thiophene rings is 1. The molecule has 0 aromatic carbocycles. The lowest BCUT2D eigenvalue weighted by molar-refractivity contribution is 0.169. The maximum atomic E-state index is 4.61. The summed E-state index contributed by atoms with van der Waals surface area (Å²) in [6, 6.07) is 4.43. The number of rotatable bonds is 4. The van der Waals surface area contributed by atoms with E-state index in [1.165, 1.54) is 76.0 Å². The second-order valence-corrected chi connectivity index (χ2v) is 9.66. The Morgan fingerprint density at radius 3 is 2.92 bits per heavy atom. The largest absolute Gasteiger partial charge is 0.356 e. The molecule has 1 spiro atoms. The summed E-state index contributed by atoms with van der Waals surface area (Å²) in [6.45, 7) is 7.06. The highest BCUT2D eigenvalue weighted by Crippen LogP contribution is 2.45.